The molecule has 1 fully saturated rings. The summed E-state index contributed by atoms with van der Waals surface area (Å²) in [4.78, 5) is 52.8. The molecule has 0 spiro atoms. The van der Waals surface area contributed by atoms with Crippen molar-refractivity contribution in [1.29, 1.82) is 0 Å². The maximum atomic E-state index is 13.2. The van der Waals surface area contributed by atoms with Crippen molar-refractivity contribution in [1.82, 2.24) is 15.5 Å². The number of hydrogen-bond acceptors (Lipinski definition) is 11. The number of benzene rings is 1. The number of amides is 4. The third-order valence-corrected chi connectivity index (χ3v) is 6.41. The van der Waals surface area contributed by atoms with Gasteiger partial charge in [-0.25, -0.2) is 0 Å². The van der Waals surface area contributed by atoms with Gasteiger partial charge in [-0.15, -0.1) is 0 Å². The number of carbonyl (C=O) groups excluding carboxylic acids is 4. The molecule has 2 N–H and O–H groups in total. The van der Waals surface area contributed by atoms with E-state index in [1.165, 1.54) is 0 Å². The molecule has 1 aromatic rings. The summed E-state index contributed by atoms with van der Waals surface area (Å²) in [6.45, 7) is 6.18. The lowest BCUT2D eigenvalue weighted by Crippen LogP contribution is -2.54. The first-order valence-electron chi connectivity index (χ1n) is 13.5. The largest absolute Gasteiger partial charge is 0.378 e. The highest BCUT2D eigenvalue weighted by atomic mass is 16.6. The van der Waals surface area contributed by atoms with Crippen molar-refractivity contribution >= 4 is 29.3 Å². The van der Waals surface area contributed by atoms with Gasteiger partial charge < -0.3 is 33.9 Å². The topological polar surface area (TPSA) is 145 Å². The van der Waals surface area contributed by atoms with Crippen LogP contribution < -0.4 is 15.5 Å². The van der Waals surface area contributed by atoms with E-state index in [-0.39, 0.29) is 24.0 Å². The molecule has 13 heteroatoms. The Hall–Kier alpha value is -2.94. The molecular formula is C27H40N4O9. The average Bonchev–Trinajstić information content (AvgIpc) is 3.20. The van der Waals surface area contributed by atoms with Crippen LogP contribution in [0.1, 0.15) is 33.6 Å². The number of nitrogens with zero attached hydrogens (tertiary/aromatic N) is 2. The molecule has 1 unspecified atom stereocenters. The molecule has 2 aliphatic rings. The van der Waals surface area contributed by atoms with Crippen LogP contribution in [0.5, 0.6) is 0 Å². The number of hydrogen-bond donors (Lipinski definition) is 2. The van der Waals surface area contributed by atoms with Crippen LogP contribution in [0.15, 0.2) is 18.2 Å². The molecule has 4 amide bonds. The van der Waals surface area contributed by atoms with Gasteiger partial charge in [0.1, 0.15) is 6.04 Å². The summed E-state index contributed by atoms with van der Waals surface area (Å²) in [5.41, 5.74) is 1.08. The Kier molecular flexibility index (Phi) is 13.4. The number of fused-ring (bicyclic) bond motifs is 1. The molecule has 2 heterocycles. The van der Waals surface area contributed by atoms with E-state index < -0.39 is 29.7 Å². The first kappa shape index (κ1) is 31.6. The minimum atomic E-state index is -0.997. The van der Waals surface area contributed by atoms with Gasteiger partial charge in [0, 0.05) is 26.6 Å². The fourth-order valence-electron chi connectivity index (χ4n) is 4.29. The molecule has 2 aliphatic heterocycles. The number of piperidine rings is 1. The molecular weight excluding hydrogens is 524 g/mol. The zero-order chi connectivity index (χ0) is 28.7. The smallest absolute Gasteiger partial charge is 0.264 e. The molecule has 13 nitrogen and oxygen atoms in total. The summed E-state index contributed by atoms with van der Waals surface area (Å²) in [5.74, 6) is -2.10. The van der Waals surface area contributed by atoms with Crippen LogP contribution in [0.25, 0.3) is 0 Å². The minimum Gasteiger partial charge on any atom is -0.378 e. The van der Waals surface area contributed by atoms with Gasteiger partial charge in [0.05, 0.1) is 82.9 Å². The SMILES string of the molecule is CNCCOCCOCCOCCOCCOCCN(C)c1cccc2c1C(=O)N(C1CCC(=O)NC1=O)C2=O. The number of carbonyl (C=O) groups is 4. The quantitative estimate of drug-likeness (QED) is 0.161. The van der Waals surface area contributed by atoms with Gasteiger partial charge in [-0.05, 0) is 25.6 Å². The molecule has 1 saturated heterocycles. The van der Waals surface area contributed by atoms with Gasteiger partial charge in [0.25, 0.3) is 11.8 Å². The maximum absolute atomic E-state index is 13.2. The standard InChI is InChI=1S/C27H40N4O9/c1-28-8-10-36-12-14-38-16-18-40-19-17-39-15-13-37-11-9-30(2)21-5-3-4-20-24(21)27(35)31(26(20)34)22-6-7-23(32)29-25(22)33/h3-5,22,28H,6-19H2,1-2H3,(H,29,32,33). The average molecular weight is 565 g/mol. The maximum Gasteiger partial charge on any atom is 0.264 e. The third kappa shape index (κ3) is 9.04. The third-order valence-electron chi connectivity index (χ3n) is 6.41. The number of anilines is 1. The van der Waals surface area contributed by atoms with E-state index in [1.807, 2.05) is 11.9 Å². The summed E-state index contributed by atoms with van der Waals surface area (Å²) in [5, 5.41) is 5.21. The first-order valence-corrected chi connectivity index (χ1v) is 13.5. The van der Waals surface area contributed by atoms with Crippen molar-refractivity contribution < 1.29 is 42.9 Å². The molecule has 0 saturated carbocycles. The lowest BCUT2D eigenvalue weighted by molar-refractivity contribution is -0.136. The van der Waals surface area contributed by atoms with Crippen LogP contribution >= 0.6 is 0 Å². The number of rotatable bonds is 20. The number of likely N-dealkylation sites (N-methyl/N-ethyl adjacent to an activating group) is 2. The van der Waals surface area contributed by atoms with Gasteiger partial charge in [-0.1, -0.05) is 6.07 Å². The lowest BCUT2D eigenvalue weighted by atomic mass is 10.0. The zero-order valence-electron chi connectivity index (χ0n) is 23.3. The second kappa shape index (κ2) is 17.0. The van der Waals surface area contributed by atoms with Crippen molar-refractivity contribution in [2.45, 2.75) is 18.9 Å². The summed E-state index contributed by atoms with van der Waals surface area (Å²) in [6.07, 6.45) is 0.193. The Morgan fingerprint density at radius 3 is 2.00 bits per heavy atom. The number of imide groups is 2. The lowest BCUT2D eigenvalue weighted by Gasteiger charge is -2.28. The van der Waals surface area contributed by atoms with Gasteiger partial charge in [-0.3, -0.25) is 29.4 Å². The normalized spacial score (nSPS) is 16.9. The predicted octanol–water partition coefficient (Wildman–Crippen LogP) is -0.174. The Labute approximate surface area is 234 Å². The molecule has 0 bridgehead atoms. The molecule has 1 atom stereocenters. The Morgan fingerprint density at radius 1 is 0.850 bits per heavy atom. The van der Waals surface area contributed by atoms with E-state index in [9.17, 15) is 19.2 Å². The van der Waals surface area contributed by atoms with Crippen LogP contribution in [-0.4, -0.2) is 128 Å². The van der Waals surface area contributed by atoms with Crippen molar-refractivity contribution in [3.05, 3.63) is 29.3 Å². The summed E-state index contributed by atoms with van der Waals surface area (Å²) < 4.78 is 27.4. The highest BCUT2D eigenvalue weighted by Crippen LogP contribution is 2.33. The molecule has 222 valence electrons. The second-order valence-corrected chi connectivity index (χ2v) is 9.23. The Balaban J connectivity index is 1.28. The highest BCUT2D eigenvalue weighted by molar-refractivity contribution is 6.25. The zero-order valence-corrected chi connectivity index (χ0v) is 23.3. The molecule has 0 radical (unpaired) electrons. The van der Waals surface area contributed by atoms with E-state index in [4.69, 9.17) is 23.7 Å². The van der Waals surface area contributed by atoms with Crippen LogP contribution in [0.3, 0.4) is 0 Å². The fourth-order valence-corrected chi connectivity index (χ4v) is 4.29. The number of nitrogens with one attached hydrogen (secondary N) is 2. The number of ether oxygens (including phenoxy) is 5. The van der Waals surface area contributed by atoms with Gasteiger partial charge in [0.15, 0.2) is 0 Å². The van der Waals surface area contributed by atoms with Gasteiger partial charge in [-0.2, -0.15) is 0 Å². The van der Waals surface area contributed by atoms with E-state index in [0.717, 1.165) is 11.4 Å². The Bertz CT molecular complexity index is 1010. The molecule has 0 aliphatic carbocycles. The van der Waals surface area contributed by atoms with Crippen molar-refractivity contribution in [3.63, 3.8) is 0 Å². The van der Waals surface area contributed by atoms with E-state index in [2.05, 4.69) is 10.6 Å². The Morgan fingerprint density at radius 2 is 1.43 bits per heavy atom. The molecule has 0 aromatic heterocycles. The van der Waals surface area contributed by atoms with Crippen LogP contribution in [0.4, 0.5) is 5.69 Å². The second-order valence-electron chi connectivity index (χ2n) is 9.23. The van der Waals surface area contributed by atoms with Gasteiger partial charge >= 0.3 is 0 Å². The first-order chi connectivity index (χ1) is 19.5. The van der Waals surface area contributed by atoms with Crippen LogP contribution in [0, 0.1) is 0 Å². The van der Waals surface area contributed by atoms with Crippen molar-refractivity contribution in [2.75, 3.05) is 98.2 Å². The molecule has 40 heavy (non-hydrogen) atoms. The summed E-state index contributed by atoms with van der Waals surface area (Å²) in [6, 6.07) is 4.04. The van der Waals surface area contributed by atoms with E-state index in [1.54, 1.807) is 25.2 Å². The van der Waals surface area contributed by atoms with Crippen molar-refractivity contribution in [3.8, 4) is 0 Å². The van der Waals surface area contributed by atoms with E-state index >= 15 is 0 Å². The summed E-state index contributed by atoms with van der Waals surface area (Å²) in [7, 11) is 3.68. The monoisotopic (exact) mass is 564 g/mol. The fraction of sp³-hybridized carbons (Fsp3) is 0.630. The molecule has 3 rings (SSSR count). The van der Waals surface area contributed by atoms with Crippen LogP contribution in [0.2, 0.25) is 0 Å². The minimum absolute atomic E-state index is 0.0770. The predicted molar refractivity (Wildman–Crippen MR) is 144 cm³/mol. The van der Waals surface area contributed by atoms with E-state index in [0.29, 0.717) is 78.3 Å². The highest BCUT2D eigenvalue weighted by Gasteiger charge is 2.45. The van der Waals surface area contributed by atoms with Crippen LogP contribution in [-0.2, 0) is 33.3 Å². The summed E-state index contributed by atoms with van der Waals surface area (Å²) >= 11 is 0. The van der Waals surface area contributed by atoms with Gasteiger partial charge in [0.2, 0.25) is 11.8 Å². The molecule has 1 aromatic carbocycles. The van der Waals surface area contributed by atoms with Crippen molar-refractivity contribution in [2.24, 2.45) is 0 Å².